The minimum Gasteiger partial charge on any atom is -0.389 e. The van der Waals surface area contributed by atoms with E-state index in [2.05, 4.69) is 19.2 Å². The van der Waals surface area contributed by atoms with Gasteiger partial charge in [-0.2, -0.15) is 0 Å². The zero-order valence-electron chi connectivity index (χ0n) is 10.9. The molecule has 0 saturated carbocycles. The third-order valence-electron chi connectivity index (χ3n) is 2.60. The number of amides is 1. The van der Waals surface area contributed by atoms with Crippen LogP contribution < -0.4 is 11.1 Å². The Bertz CT molecular complexity index is 215. The van der Waals surface area contributed by atoms with Crippen LogP contribution in [0.2, 0.25) is 0 Å². The molecule has 0 saturated heterocycles. The molecule has 4 nitrogen and oxygen atoms in total. The second-order valence-electron chi connectivity index (χ2n) is 5.38. The molecule has 0 aliphatic carbocycles. The molecule has 4 heteroatoms. The second kappa shape index (κ2) is 6.86. The molecule has 0 aliphatic heterocycles. The highest BCUT2D eigenvalue weighted by molar-refractivity contribution is 5.74. The minimum absolute atomic E-state index is 0.0167. The van der Waals surface area contributed by atoms with E-state index >= 15 is 0 Å². The third-order valence-corrected chi connectivity index (χ3v) is 2.60. The Morgan fingerprint density at radius 3 is 2.44 bits per heavy atom. The van der Waals surface area contributed by atoms with Crippen LogP contribution in [0.5, 0.6) is 0 Å². The van der Waals surface area contributed by atoms with Gasteiger partial charge in [0.1, 0.15) is 0 Å². The number of carbonyl (C=O) groups is 1. The summed E-state index contributed by atoms with van der Waals surface area (Å²) >= 11 is 0. The van der Waals surface area contributed by atoms with Crippen LogP contribution >= 0.6 is 0 Å². The van der Waals surface area contributed by atoms with Crippen molar-refractivity contribution in [3.05, 3.63) is 0 Å². The molecule has 0 aromatic rings. The van der Waals surface area contributed by atoms with Crippen molar-refractivity contribution in [3.63, 3.8) is 0 Å². The van der Waals surface area contributed by atoms with Gasteiger partial charge in [0.15, 0.2) is 0 Å². The van der Waals surface area contributed by atoms with E-state index in [0.717, 1.165) is 12.8 Å². The van der Waals surface area contributed by atoms with Crippen molar-refractivity contribution in [2.75, 3.05) is 6.54 Å². The van der Waals surface area contributed by atoms with E-state index in [1.165, 1.54) is 0 Å². The first-order valence-electron chi connectivity index (χ1n) is 5.97. The van der Waals surface area contributed by atoms with Gasteiger partial charge in [-0.05, 0) is 32.6 Å². The fraction of sp³-hybridized carbons (Fsp3) is 0.917. The van der Waals surface area contributed by atoms with Crippen LogP contribution in [0.4, 0.5) is 0 Å². The summed E-state index contributed by atoms with van der Waals surface area (Å²) in [6.45, 7) is 8.48. The fourth-order valence-electron chi connectivity index (χ4n) is 1.46. The summed E-state index contributed by atoms with van der Waals surface area (Å²) in [5, 5.41) is 13.2. The van der Waals surface area contributed by atoms with Gasteiger partial charge in [-0.25, -0.2) is 0 Å². The Labute approximate surface area is 98.6 Å². The van der Waals surface area contributed by atoms with Gasteiger partial charge in [-0.15, -0.1) is 0 Å². The summed E-state index contributed by atoms with van der Waals surface area (Å²) in [5.41, 5.74) is 4.38. The van der Waals surface area contributed by atoms with Gasteiger partial charge in [0, 0.05) is 19.0 Å². The van der Waals surface area contributed by atoms with Gasteiger partial charge >= 0.3 is 0 Å². The molecule has 0 aromatic carbocycles. The summed E-state index contributed by atoms with van der Waals surface area (Å²) in [4.78, 5) is 10.7. The van der Waals surface area contributed by atoms with E-state index in [1.807, 2.05) is 13.8 Å². The van der Waals surface area contributed by atoms with Crippen molar-refractivity contribution in [1.82, 2.24) is 5.32 Å². The van der Waals surface area contributed by atoms with Gasteiger partial charge < -0.3 is 16.2 Å². The molecule has 0 aliphatic rings. The Morgan fingerprint density at radius 1 is 1.44 bits per heavy atom. The van der Waals surface area contributed by atoms with Crippen molar-refractivity contribution in [1.29, 1.82) is 0 Å². The molecule has 0 fully saturated rings. The first-order valence-corrected chi connectivity index (χ1v) is 5.97. The Kier molecular flexibility index (Phi) is 6.60. The highest BCUT2D eigenvalue weighted by Gasteiger charge is 2.21. The van der Waals surface area contributed by atoms with E-state index in [0.29, 0.717) is 18.9 Å². The molecule has 0 radical (unpaired) electrons. The van der Waals surface area contributed by atoms with Crippen LogP contribution in [0.3, 0.4) is 0 Å². The molecule has 16 heavy (non-hydrogen) atoms. The van der Waals surface area contributed by atoms with Gasteiger partial charge in [0.2, 0.25) is 5.91 Å². The summed E-state index contributed by atoms with van der Waals surface area (Å²) in [6, 6.07) is 0.0167. The van der Waals surface area contributed by atoms with E-state index in [1.54, 1.807) is 0 Å². The smallest absolute Gasteiger partial charge is 0.218 e. The van der Waals surface area contributed by atoms with E-state index in [4.69, 9.17) is 5.73 Å². The maximum atomic E-state index is 10.7. The molecular formula is C12H26N2O2. The standard InChI is InChI=1S/C12H26N2O2/c1-9(2)5-6-12(4,16)8-14-10(3)7-11(13)15/h9-10,14,16H,5-8H2,1-4H3,(H2,13,15). The molecule has 0 heterocycles. The molecule has 2 atom stereocenters. The quantitative estimate of drug-likeness (QED) is 0.583. The van der Waals surface area contributed by atoms with Crippen LogP contribution in [0, 0.1) is 5.92 Å². The first kappa shape index (κ1) is 15.4. The highest BCUT2D eigenvalue weighted by atomic mass is 16.3. The number of carbonyl (C=O) groups excluding carboxylic acids is 1. The fourth-order valence-corrected chi connectivity index (χ4v) is 1.46. The summed E-state index contributed by atoms with van der Waals surface area (Å²) in [5.74, 6) is 0.274. The monoisotopic (exact) mass is 230 g/mol. The normalized spacial score (nSPS) is 17.1. The zero-order valence-corrected chi connectivity index (χ0v) is 10.9. The predicted molar refractivity (Wildman–Crippen MR) is 66.0 cm³/mol. The van der Waals surface area contributed by atoms with E-state index in [-0.39, 0.29) is 11.9 Å². The van der Waals surface area contributed by atoms with Gasteiger partial charge in [0.25, 0.3) is 0 Å². The third kappa shape index (κ3) is 8.68. The van der Waals surface area contributed by atoms with Crippen molar-refractivity contribution in [2.24, 2.45) is 11.7 Å². The number of primary amides is 1. The minimum atomic E-state index is -0.712. The van der Waals surface area contributed by atoms with Crippen molar-refractivity contribution in [2.45, 2.75) is 58.6 Å². The van der Waals surface area contributed by atoms with Gasteiger partial charge in [-0.1, -0.05) is 13.8 Å². The molecule has 0 aromatic heterocycles. The topological polar surface area (TPSA) is 75.3 Å². The summed E-state index contributed by atoms with van der Waals surface area (Å²) in [7, 11) is 0. The molecular weight excluding hydrogens is 204 g/mol. The zero-order chi connectivity index (χ0) is 12.8. The molecule has 4 N–H and O–H groups in total. The lowest BCUT2D eigenvalue weighted by Gasteiger charge is -2.26. The number of rotatable bonds is 8. The van der Waals surface area contributed by atoms with Crippen molar-refractivity contribution < 1.29 is 9.90 Å². The Balaban J connectivity index is 3.84. The molecule has 2 unspecified atom stereocenters. The lowest BCUT2D eigenvalue weighted by molar-refractivity contribution is -0.118. The summed E-state index contributed by atoms with van der Waals surface area (Å²) in [6.07, 6.45) is 2.07. The summed E-state index contributed by atoms with van der Waals surface area (Å²) < 4.78 is 0. The molecule has 0 spiro atoms. The van der Waals surface area contributed by atoms with Gasteiger partial charge in [-0.3, -0.25) is 4.79 Å². The molecule has 96 valence electrons. The number of nitrogens with one attached hydrogen (secondary N) is 1. The Hall–Kier alpha value is -0.610. The average Bonchev–Trinajstić information content (AvgIpc) is 2.11. The SMILES string of the molecule is CC(C)CCC(C)(O)CNC(C)CC(N)=O. The second-order valence-corrected chi connectivity index (χ2v) is 5.38. The van der Waals surface area contributed by atoms with E-state index < -0.39 is 5.60 Å². The number of hydrogen-bond donors (Lipinski definition) is 3. The maximum absolute atomic E-state index is 10.7. The first-order chi connectivity index (χ1) is 7.23. The number of aliphatic hydroxyl groups is 1. The number of hydrogen-bond acceptors (Lipinski definition) is 3. The molecule has 1 amide bonds. The van der Waals surface area contributed by atoms with Crippen molar-refractivity contribution >= 4 is 5.91 Å². The van der Waals surface area contributed by atoms with Crippen molar-refractivity contribution in [3.8, 4) is 0 Å². The van der Waals surface area contributed by atoms with Crippen LogP contribution in [0.25, 0.3) is 0 Å². The average molecular weight is 230 g/mol. The number of nitrogens with two attached hydrogens (primary N) is 1. The maximum Gasteiger partial charge on any atom is 0.218 e. The van der Waals surface area contributed by atoms with E-state index in [9.17, 15) is 9.90 Å². The Morgan fingerprint density at radius 2 is 2.00 bits per heavy atom. The highest BCUT2D eigenvalue weighted by Crippen LogP contribution is 2.15. The van der Waals surface area contributed by atoms with Crippen LogP contribution in [-0.2, 0) is 4.79 Å². The lowest BCUT2D eigenvalue weighted by Crippen LogP contribution is -2.42. The lowest BCUT2D eigenvalue weighted by atomic mass is 9.95. The van der Waals surface area contributed by atoms with Crippen LogP contribution in [0.1, 0.15) is 47.0 Å². The largest absolute Gasteiger partial charge is 0.389 e. The van der Waals surface area contributed by atoms with Crippen LogP contribution in [0.15, 0.2) is 0 Å². The predicted octanol–water partition coefficient (Wildman–Crippen LogP) is 1.03. The van der Waals surface area contributed by atoms with Crippen LogP contribution in [-0.4, -0.2) is 29.2 Å². The van der Waals surface area contributed by atoms with Gasteiger partial charge in [0.05, 0.1) is 5.60 Å². The molecule has 0 bridgehead atoms. The molecule has 0 rings (SSSR count).